The molecule has 0 radical (unpaired) electrons. The van der Waals surface area contributed by atoms with Crippen LogP contribution >= 0.6 is 0 Å². The van der Waals surface area contributed by atoms with Crippen molar-refractivity contribution in [3.63, 3.8) is 0 Å². The summed E-state index contributed by atoms with van der Waals surface area (Å²) in [6.45, 7) is 7.75. The summed E-state index contributed by atoms with van der Waals surface area (Å²) in [5.74, 6) is -1.00. The van der Waals surface area contributed by atoms with Gasteiger partial charge < -0.3 is 0 Å². The van der Waals surface area contributed by atoms with Crippen LogP contribution in [-0.4, -0.2) is 14.7 Å². The highest BCUT2D eigenvalue weighted by molar-refractivity contribution is 7.85. The molecule has 0 unspecified atom stereocenters. The van der Waals surface area contributed by atoms with E-state index in [1.165, 1.54) is 13.8 Å². The lowest BCUT2D eigenvalue weighted by Gasteiger charge is -2.16. The summed E-state index contributed by atoms with van der Waals surface area (Å²) in [6.07, 6.45) is -4.65. The van der Waals surface area contributed by atoms with Gasteiger partial charge in [-0.1, -0.05) is 0 Å². The van der Waals surface area contributed by atoms with Gasteiger partial charge >= 0.3 is 6.18 Å². The molecule has 1 atom stereocenters. The summed E-state index contributed by atoms with van der Waals surface area (Å²) in [5.41, 5.74) is -1.05. The zero-order chi connectivity index (χ0) is 16.6. The Labute approximate surface area is 123 Å². The third kappa shape index (κ3) is 4.36. The lowest BCUT2D eigenvalue weighted by Crippen LogP contribution is -2.21. The standard InChI is InChI=1S/C14H17F4NOS/c1-8-11(9(2)19-21(20)13(3,4)5)6-10(15)7-12(8)14(16,17)18/h6-7H,1-5H3/t21-/m1/s1. The lowest BCUT2D eigenvalue weighted by atomic mass is 9.99. The summed E-state index contributed by atoms with van der Waals surface area (Å²) in [4.78, 5) is 0. The molecule has 0 heterocycles. The Morgan fingerprint density at radius 3 is 2.14 bits per heavy atom. The number of benzene rings is 1. The molecule has 0 aliphatic carbocycles. The van der Waals surface area contributed by atoms with E-state index in [0.29, 0.717) is 6.07 Å². The minimum atomic E-state index is -4.65. The Hall–Kier alpha value is -1.24. The first-order valence-corrected chi connectivity index (χ1v) is 7.29. The Morgan fingerprint density at radius 1 is 1.19 bits per heavy atom. The fourth-order valence-electron chi connectivity index (χ4n) is 1.66. The smallest absolute Gasteiger partial charge is 0.234 e. The molecule has 0 N–H and O–H groups in total. The monoisotopic (exact) mass is 323 g/mol. The lowest BCUT2D eigenvalue weighted by molar-refractivity contribution is -0.138. The van der Waals surface area contributed by atoms with Gasteiger partial charge in [-0.3, -0.25) is 0 Å². The highest BCUT2D eigenvalue weighted by atomic mass is 32.2. The molecular weight excluding hydrogens is 306 g/mol. The fourth-order valence-corrected chi connectivity index (χ4v) is 2.28. The van der Waals surface area contributed by atoms with E-state index in [1.54, 1.807) is 20.8 Å². The molecule has 1 rings (SSSR count). The molecule has 0 aliphatic rings. The number of nitrogens with zero attached hydrogens (tertiary/aromatic N) is 1. The van der Waals surface area contributed by atoms with Crippen LogP contribution in [0.15, 0.2) is 16.5 Å². The van der Waals surface area contributed by atoms with E-state index in [-0.39, 0.29) is 16.8 Å². The van der Waals surface area contributed by atoms with Crippen molar-refractivity contribution >= 4 is 16.7 Å². The minimum Gasteiger partial charge on any atom is -0.234 e. The van der Waals surface area contributed by atoms with E-state index in [1.807, 2.05) is 0 Å². The molecule has 2 nitrogen and oxygen atoms in total. The van der Waals surface area contributed by atoms with E-state index in [2.05, 4.69) is 4.40 Å². The SMILES string of the molecule is CC(=N[S@](=O)C(C)(C)C)c1cc(F)cc(C(F)(F)F)c1C. The quantitative estimate of drug-likeness (QED) is 0.585. The molecule has 1 aromatic rings. The molecule has 21 heavy (non-hydrogen) atoms. The van der Waals surface area contributed by atoms with E-state index in [9.17, 15) is 21.8 Å². The first kappa shape index (κ1) is 17.8. The summed E-state index contributed by atoms with van der Waals surface area (Å²) in [5, 5.41) is 0. The van der Waals surface area contributed by atoms with Crippen LogP contribution in [0, 0.1) is 12.7 Å². The molecule has 0 saturated heterocycles. The highest BCUT2D eigenvalue weighted by Crippen LogP contribution is 2.34. The van der Waals surface area contributed by atoms with E-state index >= 15 is 0 Å². The van der Waals surface area contributed by atoms with Gasteiger partial charge in [0.2, 0.25) is 0 Å². The summed E-state index contributed by atoms with van der Waals surface area (Å²) in [7, 11) is -1.63. The van der Waals surface area contributed by atoms with Gasteiger partial charge in [0.1, 0.15) is 16.8 Å². The average molecular weight is 323 g/mol. The van der Waals surface area contributed by atoms with Gasteiger partial charge in [0.25, 0.3) is 0 Å². The molecule has 0 bridgehead atoms. The second kappa shape index (κ2) is 5.87. The molecule has 7 heteroatoms. The molecule has 118 valence electrons. The molecule has 1 aromatic carbocycles. The second-order valence-corrected chi connectivity index (χ2v) is 7.57. The Balaban J connectivity index is 3.42. The molecule has 0 aromatic heterocycles. The van der Waals surface area contributed by atoms with Crippen LogP contribution in [0.25, 0.3) is 0 Å². The maximum absolute atomic E-state index is 13.4. The maximum atomic E-state index is 13.4. The normalized spacial score (nSPS) is 15.2. The van der Waals surface area contributed by atoms with Crippen molar-refractivity contribution in [2.45, 2.75) is 45.5 Å². The predicted octanol–water partition coefficient (Wildman–Crippen LogP) is 4.42. The first-order valence-electron chi connectivity index (χ1n) is 6.19. The Bertz CT molecular complexity index is 600. The van der Waals surface area contributed by atoms with Crippen LogP contribution < -0.4 is 0 Å². The van der Waals surface area contributed by atoms with Crippen LogP contribution in [0.2, 0.25) is 0 Å². The third-order valence-electron chi connectivity index (χ3n) is 2.81. The van der Waals surface area contributed by atoms with Crippen molar-refractivity contribution in [1.82, 2.24) is 0 Å². The number of hydrogen-bond donors (Lipinski definition) is 0. The van der Waals surface area contributed by atoms with Gasteiger partial charge in [-0.25, -0.2) is 8.60 Å². The van der Waals surface area contributed by atoms with Crippen LogP contribution in [-0.2, 0) is 17.2 Å². The third-order valence-corrected chi connectivity index (χ3v) is 4.30. The van der Waals surface area contributed by atoms with Crippen molar-refractivity contribution < 1.29 is 21.8 Å². The number of rotatable bonds is 2. The molecule has 0 fully saturated rings. The summed E-state index contributed by atoms with van der Waals surface area (Å²) >= 11 is 0. The Morgan fingerprint density at radius 2 is 1.71 bits per heavy atom. The van der Waals surface area contributed by atoms with Gasteiger partial charge in [0, 0.05) is 5.56 Å². The summed E-state index contributed by atoms with van der Waals surface area (Å²) < 4.78 is 67.2. The van der Waals surface area contributed by atoms with Gasteiger partial charge in [-0.05, 0) is 52.3 Å². The minimum absolute atomic E-state index is 0.0138. The van der Waals surface area contributed by atoms with E-state index in [4.69, 9.17) is 0 Å². The molecule has 0 saturated carbocycles. The van der Waals surface area contributed by atoms with Crippen LogP contribution in [0.5, 0.6) is 0 Å². The molecular formula is C14H17F4NOS. The zero-order valence-electron chi connectivity index (χ0n) is 12.4. The second-order valence-electron chi connectivity index (χ2n) is 5.66. The van der Waals surface area contributed by atoms with Crippen molar-refractivity contribution in [1.29, 1.82) is 0 Å². The van der Waals surface area contributed by atoms with Crippen LogP contribution in [0.4, 0.5) is 17.6 Å². The van der Waals surface area contributed by atoms with Crippen molar-refractivity contribution in [2.24, 2.45) is 4.40 Å². The first-order chi connectivity index (χ1) is 9.34. The largest absolute Gasteiger partial charge is 0.416 e. The van der Waals surface area contributed by atoms with Crippen molar-refractivity contribution in [3.8, 4) is 0 Å². The van der Waals surface area contributed by atoms with E-state index < -0.39 is 33.3 Å². The Kier molecular flexibility index (Phi) is 4.98. The van der Waals surface area contributed by atoms with E-state index in [0.717, 1.165) is 6.07 Å². The average Bonchev–Trinajstić information content (AvgIpc) is 2.28. The van der Waals surface area contributed by atoms with Gasteiger partial charge in [-0.15, -0.1) is 0 Å². The number of alkyl halides is 3. The van der Waals surface area contributed by atoms with Crippen molar-refractivity contribution in [3.05, 3.63) is 34.6 Å². The topological polar surface area (TPSA) is 29.4 Å². The molecule has 0 amide bonds. The van der Waals surface area contributed by atoms with Crippen LogP contribution in [0.1, 0.15) is 44.4 Å². The maximum Gasteiger partial charge on any atom is 0.416 e. The van der Waals surface area contributed by atoms with Gasteiger partial charge in [-0.2, -0.15) is 17.6 Å². The number of halogens is 4. The fraction of sp³-hybridized carbons (Fsp3) is 0.500. The highest BCUT2D eigenvalue weighted by Gasteiger charge is 2.34. The summed E-state index contributed by atoms with van der Waals surface area (Å²) in [6, 6.07) is 1.43. The van der Waals surface area contributed by atoms with Gasteiger partial charge in [0.15, 0.2) is 0 Å². The van der Waals surface area contributed by atoms with Gasteiger partial charge in [0.05, 0.1) is 16.0 Å². The van der Waals surface area contributed by atoms with Crippen LogP contribution in [0.3, 0.4) is 0 Å². The predicted molar refractivity (Wildman–Crippen MR) is 76.2 cm³/mol. The number of hydrogen-bond acceptors (Lipinski definition) is 1. The molecule has 0 aliphatic heterocycles. The zero-order valence-corrected chi connectivity index (χ0v) is 13.2. The molecule has 0 spiro atoms. The van der Waals surface area contributed by atoms with Crippen molar-refractivity contribution in [2.75, 3.05) is 0 Å².